The van der Waals surface area contributed by atoms with Crippen molar-refractivity contribution < 1.29 is 0 Å². The molecule has 25 heavy (non-hydrogen) atoms. The van der Waals surface area contributed by atoms with Crippen molar-refractivity contribution in [1.29, 1.82) is 0 Å². The summed E-state index contributed by atoms with van der Waals surface area (Å²) in [5, 5.41) is 0. The summed E-state index contributed by atoms with van der Waals surface area (Å²) in [6.07, 6.45) is 10.6. The van der Waals surface area contributed by atoms with Crippen molar-refractivity contribution in [3.63, 3.8) is 0 Å². The van der Waals surface area contributed by atoms with E-state index in [0.29, 0.717) is 12.0 Å². The molecule has 4 rings (SSSR count). The first-order valence-electron chi connectivity index (χ1n) is 9.06. The van der Waals surface area contributed by atoms with E-state index in [1.807, 2.05) is 24.7 Å². The Kier molecular flexibility index (Phi) is 4.99. The van der Waals surface area contributed by atoms with Crippen molar-refractivity contribution in [1.82, 2.24) is 19.9 Å². The normalized spacial score (nSPS) is 21.3. The molecule has 6 heteroatoms. The number of hydrogen-bond donors (Lipinski definition) is 0. The van der Waals surface area contributed by atoms with Gasteiger partial charge >= 0.3 is 0 Å². The molecule has 0 radical (unpaired) electrons. The highest BCUT2D eigenvalue weighted by Gasteiger charge is 2.28. The standard InChI is InChI=1S/C19H24BrN5/c1-24(18-6-7-22-19(23-18)15-4-5-15)17-3-2-8-25(13-17)12-14-9-16(20)11-21-10-14/h6-7,9-11,15,17H,2-5,8,12-13H2,1H3. The zero-order valence-electron chi connectivity index (χ0n) is 14.6. The second-order valence-corrected chi connectivity index (χ2v) is 8.12. The molecule has 1 atom stereocenters. The molecule has 1 unspecified atom stereocenters. The van der Waals surface area contributed by atoms with E-state index in [4.69, 9.17) is 4.98 Å². The Morgan fingerprint density at radius 3 is 2.96 bits per heavy atom. The Morgan fingerprint density at radius 1 is 1.28 bits per heavy atom. The van der Waals surface area contributed by atoms with Gasteiger partial charge in [-0.3, -0.25) is 9.88 Å². The molecule has 5 nitrogen and oxygen atoms in total. The van der Waals surface area contributed by atoms with E-state index in [1.165, 1.54) is 31.2 Å². The van der Waals surface area contributed by atoms with Gasteiger partial charge in [0.2, 0.25) is 0 Å². The quantitative estimate of drug-likeness (QED) is 0.765. The van der Waals surface area contributed by atoms with E-state index in [-0.39, 0.29) is 0 Å². The lowest BCUT2D eigenvalue weighted by atomic mass is 10.0. The summed E-state index contributed by atoms with van der Waals surface area (Å²) in [5.74, 6) is 2.69. The smallest absolute Gasteiger partial charge is 0.133 e. The highest BCUT2D eigenvalue weighted by atomic mass is 79.9. The number of hydrogen-bond acceptors (Lipinski definition) is 5. The fraction of sp³-hybridized carbons (Fsp3) is 0.526. The second kappa shape index (κ2) is 7.38. The van der Waals surface area contributed by atoms with Crippen molar-refractivity contribution >= 4 is 21.7 Å². The molecule has 3 heterocycles. The lowest BCUT2D eigenvalue weighted by Gasteiger charge is -2.38. The molecule has 2 aromatic heterocycles. The van der Waals surface area contributed by atoms with Gasteiger partial charge < -0.3 is 4.90 Å². The van der Waals surface area contributed by atoms with E-state index in [1.54, 1.807) is 0 Å². The van der Waals surface area contributed by atoms with Crippen LogP contribution in [0.2, 0.25) is 0 Å². The van der Waals surface area contributed by atoms with Gasteiger partial charge in [0.1, 0.15) is 11.6 Å². The van der Waals surface area contributed by atoms with E-state index in [0.717, 1.165) is 35.7 Å². The maximum atomic E-state index is 4.81. The molecule has 0 aromatic carbocycles. The lowest BCUT2D eigenvalue weighted by Crippen LogP contribution is -2.46. The predicted molar refractivity (Wildman–Crippen MR) is 103 cm³/mol. The van der Waals surface area contributed by atoms with Crippen LogP contribution in [0.3, 0.4) is 0 Å². The molecule has 132 valence electrons. The summed E-state index contributed by atoms with van der Waals surface area (Å²) in [5.41, 5.74) is 1.26. The van der Waals surface area contributed by atoms with Crippen LogP contribution in [0, 0.1) is 0 Å². The molecule has 1 aliphatic heterocycles. The number of piperidine rings is 1. The van der Waals surface area contributed by atoms with Crippen molar-refractivity contribution in [3.05, 3.63) is 46.6 Å². The highest BCUT2D eigenvalue weighted by Crippen LogP contribution is 2.38. The van der Waals surface area contributed by atoms with E-state index in [2.05, 4.69) is 48.8 Å². The van der Waals surface area contributed by atoms with Crippen LogP contribution in [-0.2, 0) is 6.54 Å². The topological polar surface area (TPSA) is 45.2 Å². The molecule has 0 spiro atoms. The van der Waals surface area contributed by atoms with Gasteiger partial charge in [-0.25, -0.2) is 9.97 Å². The van der Waals surface area contributed by atoms with Crippen LogP contribution in [0.1, 0.15) is 43.0 Å². The van der Waals surface area contributed by atoms with Crippen molar-refractivity contribution in [2.24, 2.45) is 0 Å². The van der Waals surface area contributed by atoms with Crippen LogP contribution in [0.4, 0.5) is 5.82 Å². The summed E-state index contributed by atoms with van der Waals surface area (Å²) in [6.45, 7) is 3.16. The predicted octanol–water partition coefficient (Wildman–Crippen LogP) is 3.61. The molecule has 0 amide bonds. The fourth-order valence-electron chi connectivity index (χ4n) is 3.58. The summed E-state index contributed by atoms with van der Waals surface area (Å²) in [7, 11) is 2.17. The Bertz CT molecular complexity index is 733. The minimum atomic E-state index is 0.496. The Labute approximate surface area is 157 Å². The molecule has 1 aliphatic carbocycles. The van der Waals surface area contributed by atoms with Gasteiger partial charge in [-0.05, 0) is 65.9 Å². The van der Waals surface area contributed by atoms with Crippen molar-refractivity contribution in [2.45, 2.75) is 44.2 Å². The van der Waals surface area contributed by atoms with Crippen molar-refractivity contribution in [2.75, 3.05) is 25.0 Å². The number of halogens is 1. The van der Waals surface area contributed by atoms with Gasteiger partial charge in [0.15, 0.2) is 0 Å². The average Bonchev–Trinajstić information content (AvgIpc) is 3.47. The molecule has 2 aliphatic rings. The molecule has 1 saturated heterocycles. The van der Waals surface area contributed by atoms with Crippen LogP contribution in [-0.4, -0.2) is 46.0 Å². The molecular weight excluding hydrogens is 378 g/mol. The minimum Gasteiger partial charge on any atom is -0.355 e. The first-order valence-corrected chi connectivity index (χ1v) is 9.86. The maximum Gasteiger partial charge on any atom is 0.133 e. The van der Waals surface area contributed by atoms with Gasteiger partial charge in [0, 0.05) is 55.2 Å². The molecule has 0 N–H and O–H groups in total. The summed E-state index contributed by atoms with van der Waals surface area (Å²) in [4.78, 5) is 18.4. The van der Waals surface area contributed by atoms with Gasteiger partial charge in [-0.15, -0.1) is 0 Å². The monoisotopic (exact) mass is 401 g/mol. The Morgan fingerprint density at radius 2 is 2.16 bits per heavy atom. The minimum absolute atomic E-state index is 0.496. The summed E-state index contributed by atoms with van der Waals surface area (Å²) < 4.78 is 1.05. The van der Waals surface area contributed by atoms with Gasteiger partial charge in [0.25, 0.3) is 0 Å². The number of likely N-dealkylation sites (N-methyl/N-ethyl adjacent to an activating group) is 1. The molecule has 2 fully saturated rings. The largest absolute Gasteiger partial charge is 0.355 e. The Hall–Kier alpha value is -1.53. The maximum absolute atomic E-state index is 4.81. The number of rotatable bonds is 5. The van der Waals surface area contributed by atoms with Gasteiger partial charge in [-0.2, -0.15) is 0 Å². The molecular formula is C19H24BrN5. The fourth-order valence-corrected chi connectivity index (χ4v) is 3.99. The molecule has 1 saturated carbocycles. The number of aromatic nitrogens is 3. The zero-order chi connectivity index (χ0) is 17.2. The van der Waals surface area contributed by atoms with Gasteiger partial charge in [-0.1, -0.05) is 0 Å². The third-order valence-corrected chi connectivity index (χ3v) is 5.59. The number of pyridine rings is 1. The zero-order valence-corrected chi connectivity index (χ0v) is 16.2. The summed E-state index contributed by atoms with van der Waals surface area (Å²) >= 11 is 3.51. The van der Waals surface area contributed by atoms with Crippen LogP contribution < -0.4 is 4.90 Å². The van der Waals surface area contributed by atoms with Crippen LogP contribution in [0.15, 0.2) is 35.2 Å². The molecule has 2 aromatic rings. The van der Waals surface area contributed by atoms with Gasteiger partial charge in [0.05, 0.1) is 0 Å². The number of likely N-dealkylation sites (tertiary alicyclic amines) is 1. The third-order valence-electron chi connectivity index (χ3n) is 5.16. The SMILES string of the molecule is CN(c1ccnc(C2CC2)n1)C1CCCN(Cc2cncc(Br)c2)C1. The first kappa shape index (κ1) is 16.9. The highest BCUT2D eigenvalue weighted by molar-refractivity contribution is 9.10. The third kappa shape index (κ3) is 4.18. The number of anilines is 1. The Balaban J connectivity index is 1.42. The van der Waals surface area contributed by atoms with E-state index >= 15 is 0 Å². The van der Waals surface area contributed by atoms with Crippen LogP contribution >= 0.6 is 15.9 Å². The average molecular weight is 402 g/mol. The second-order valence-electron chi connectivity index (χ2n) is 7.20. The number of nitrogens with zero attached hydrogens (tertiary/aromatic N) is 5. The first-order chi connectivity index (χ1) is 12.2. The van der Waals surface area contributed by atoms with Crippen molar-refractivity contribution in [3.8, 4) is 0 Å². The van der Waals surface area contributed by atoms with E-state index in [9.17, 15) is 0 Å². The summed E-state index contributed by atoms with van der Waals surface area (Å²) in [6, 6.07) is 4.70. The van der Waals surface area contributed by atoms with E-state index < -0.39 is 0 Å². The van der Waals surface area contributed by atoms with Crippen LogP contribution in [0.5, 0.6) is 0 Å². The van der Waals surface area contributed by atoms with Crippen LogP contribution in [0.25, 0.3) is 0 Å². The lowest BCUT2D eigenvalue weighted by molar-refractivity contribution is 0.198. The molecule has 0 bridgehead atoms.